The summed E-state index contributed by atoms with van der Waals surface area (Å²) in [7, 11) is 0. The van der Waals surface area contributed by atoms with Crippen LogP contribution in [0.1, 0.15) is 27.3 Å². The Kier molecular flexibility index (Phi) is 3.58. The van der Waals surface area contributed by atoms with E-state index in [1.54, 1.807) is 26.0 Å². The minimum absolute atomic E-state index is 0.116. The molecule has 0 aliphatic heterocycles. The lowest BCUT2D eigenvalue weighted by Crippen LogP contribution is -2.06. The Morgan fingerprint density at radius 3 is 2.43 bits per heavy atom. The van der Waals surface area contributed by atoms with Gasteiger partial charge in [-0.2, -0.15) is 0 Å². The van der Waals surface area contributed by atoms with Crippen LogP contribution in [0.25, 0.3) is 0 Å². The second-order valence-corrected chi connectivity index (χ2v) is 4.62. The predicted molar refractivity (Wildman–Crippen MR) is 73.6 cm³/mol. The average Bonchev–Trinajstić information content (AvgIpc) is 2.39. The highest BCUT2D eigenvalue weighted by Crippen LogP contribution is 2.36. The molecule has 0 unspecified atom stereocenters. The number of nitro groups is 1. The number of ketones is 1. The maximum Gasteiger partial charge on any atom is 0.315 e. The van der Waals surface area contributed by atoms with E-state index in [1.807, 2.05) is 0 Å². The fourth-order valence-corrected chi connectivity index (χ4v) is 1.98. The molecular formula is C14H12N2O5. The number of carbonyl (C=O) groups excluding carboxylic acids is 1. The van der Waals surface area contributed by atoms with Crippen molar-refractivity contribution in [2.75, 3.05) is 0 Å². The second-order valence-electron chi connectivity index (χ2n) is 4.62. The Morgan fingerprint density at radius 2 is 1.86 bits per heavy atom. The minimum Gasteiger partial charge on any atom is -0.504 e. The fraction of sp³-hybridized carbons (Fsp3) is 0.143. The Hall–Kier alpha value is -2.96. The highest BCUT2D eigenvalue weighted by atomic mass is 16.6. The summed E-state index contributed by atoms with van der Waals surface area (Å²) in [6.07, 6.45) is 0. The van der Waals surface area contributed by atoms with E-state index >= 15 is 0 Å². The van der Waals surface area contributed by atoms with E-state index in [0.717, 1.165) is 17.7 Å². The molecule has 0 fully saturated rings. The smallest absolute Gasteiger partial charge is 0.315 e. The Morgan fingerprint density at radius 1 is 1.19 bits per heavy atom. The summed E-state index contributed by atoms with van der Waals surface area (Å²) in [4.78, 5) is 26.3. The van der Waals surface area contributed by atoms with Gasteiger partial charge in [-0.05, 0) is 37.6 Å². The highest BCUT2D eigenvalue weighted by Gasteiger charge is 2.22. The molecule has 0 aliphatic carbocycles. The zero-order valence-corrected chi connectivity index (χ0v) is 11.3. The first-order valence-electron chi connectivity index (χ1n) is 6.00. The van der Waals surface area contributed by atoms with Gasteiger partial charge in [-0.3, -0.25) is 14.9 Å². The molecule has 0 spiro atoms. The molecular weight excluding hydrogens is 276 g/mol. The molecule has 2 rings (SSSR count). The zero-order valence-electron chi connectivity index (χ0n) is 11.3. The van der Waals surface area contributed by atoms with Gasteiger partial charge < -0.3 is 10.2 Å². The molecule has 1 aromatic heterocycles. The number of phenols is 2. The largest absolute Gasteiger partial charge is 0.504 e. The number of phenolic OH excluding ortho intramolecular Hbond substituents is 2. The SMILES string of the molecule is Cc1cc(C)nc(C(=O)c2cc(O)c(O)c([N+](=O)[O-])c2)c1. The minimum atomic E-state index is -0.874. The van der Waals surface area contributed by atoms with Gasteiger partial charge in [0.05, 0.1) is 4.92 Å². The number of rotatable bonds is 3. The number of aromatic nitrogens is 1. The monoisotopic (exact) mass is 288 g/mol. The Labute approximate surface area is 119 Å². The van der Waals surface area contributed by atoms with Crippen molar-refractivity contribution in [3.63, 3.8) is 0 Å². The molecule has 0 saturated carbocycles. The molecule has 7 nitrogen and oxygen atoms in total. The van der Waals surface area contributed by atoms with E-state index in [-0.39, 0.29) is 11.3 Å². The van der Waals surface area contributed by atoms with Gasteiger partial charge in [0.25, 0.3) is 0 Å². The van der Waals surface area contributed by atoms with Crippen LogP contribution in [0.3, 0.4) is 0 Å². The third-order valence-corrected chi connectivity index (χ3v) is 2.86. The third-order valence-electron chi connectivity index (χ3n) is 2.86. The summed E-state index contributed by atoms with van der Waals surface area (Å²) in [5.74, 6) is -2.16. The van der Waals surface area contributed by atoms with Gasteiger partial charge in [0.15, 0.2) is 5.75 Å². The second kappa shape index (κ2) is 5.20. The lowest BCUT2D eigenvalue weighted by molar-refractivity contribution is -0.386. The quantitative estimate of drug-likeness (QED) is 0.387. The van der Waals surface area contributed by atoms with Crippen molar-refractivity contribution >= 4 is 11.5 Å². The van der Waals surface area contributed by atoms with Crippen molar-refractivity contribution in [1.29, 1.82) is 0 Å². The fourth-order valence-electron chi connectivity index (χ4n) is 1.98. The lowest BCUT2D eigenvalue weighted by Gasteiger charge is -2.05. The summed E-state index contributed by atoms with van der Waals surface area (Å²) in [5, 5.41) is 29.7. The molecule has 0 atom stereocenters. The lowest BCUT2D eigenvalue weighted by atomic mass is 10.0. The number of hydrogen-bond acceptors (Lipinski definition) is 6. The van der Waals surface area contributed by atoms with Gasteiger partial charge in [0, 0.05) is 17.3 Å². The zero-order chi connectivity index (χ0) is 15.7. The number of nitro benzene ring substituents is 1. The van der Waals surface area contributed by atoms with Crippen LogP contribution in [0.15, 0.2) is 24.3 Å². The number of pyridine rings is 1. The van der Waals surface area contributed by atoms with Gasteiger partial charge in [0.1, 0.15) is 5.69 Å². The van der Waals surface area contributed by atoms with E-state index in [4.69, 9.17) is 0 Å². The number of carbonyl (C=O) groups is 1. The number of hydrogen-bond donors (Lipinski definition) is 2. The first-order chi connectivity index (χ1) is 9.79. The number of benzene rings is 1. The number of aryl methyl sites for hydroxylation is 2. The first kappa shape index (κ1) is 14.4. The van der Waals surface area contributed by atoms with Crippen LogP contribution in [0.4, 0.5) is 5.69 Å². The van der Waals surface area contributed by atoms with E-state index in [9.17, 15) is 25.1 Å². The maximum absolute atomic E-state index is 12.3. The highest BCUT2D eigenvalue weighted by molar-refractivity contribution is 6.08. The third kappa shape index (κ3) is 2.81. The maximum atomic E-state index is 12.3. The summed E-state index contributed by atoms with van der Waals surface area (Å²) >= 11 is 0. The summed E-state index contributed by atoms with van der Waals surface area (Å²) < 4.78 is 0. The summed E-state index contributed by atoms with van der Waals surface area (Å²) in [6.45, 7) is 3.52. The number of nitrogens with zero attached hydrogens (tertiary/aromatic N) is 2. The molecule has 0 aliphatic rings. The van der Waals surface area contributed by atoms with E-state index in [1.165, 1.54) is 0 Å². The first-order valence-corrected chi connectivity index (χ1v) is 6.00. The molecule has 2 N–H and O–H groups in total. The summed E-state index contributed by atoms with van der Waals surface area (Å²) in [5.41, 5.74) is 0.725. The topological polar surface area (TPSA) is 114 Å². The Bertz CT molecular complexity index is 735. The van der Waals surface area contributed by atoms with Crippen LogP contribution < -0.4 is 0 Å². The van der Waals surface area contributed by atoms with Crippen molar-refractivity contribution in [3.05, 3.63) is 56.9 Å². The molecule has 0 saturated heterocycles. The average molecular weight is 288 g/mol. The van der Waals surface area contributed by atoms with Gasteiger partial charge in [-0.25, -0.2) is 4.98 Å². The predicted octanol–water partition coefficient (Wildman–Crippen LogP) is 2.25. The van der Waals surface area contributed by atoms with Crippen LogP contribution in [-0.2, 0) is 0 Å². The van der Waals surface area contributed by atoms with Crippen molar-refractivity contribution in [2.24, 2.45) is 0 Å². The molecule has 1 aromatic carbocycles. The van der Waals surface area contributed by atoms with Crippen molar-refractivity contribution in [1.82, 2.24) is 4.98 Å². The Balaban J connectivity index is 2.56. The van der Waals surface area contributed by atoms with Gasteiger partial charge in [-0.1, -0.05) is 0 Å². The molecule has 0 radical (unpaired) electrons. The standard InChI is InChI=1S/C14H12N2O5/c1-7-3-8(2)15-10(4-7)13(18)9-5-11(16(20)21)14(19)12(17)6-9/h3-6,17,19H,1-2H3. The summed E-state index contributed by atoms with van der Waals surface area (Å²) in [6, 6.07) is 5.22. The van der Waals surface area contributed by atoms with Crippen LogP contribution in [0.5, 0.6) is 11.5 Å². The molecule has 108 valence electrons. The van der Waals surface area contributed by atoms with Gasteiger partial charge in [-0.15, -0.1) is 0 Å². The van der Waals surface area contributed by atoms with Crippen molar-refractivity contribution in [3.8, 4) is 11.5 Å². The van der Waals surface area contributed by atoms with Gasteiger partial charge >= 0.3 is 5.69 Å². The number of aromatic hydroxyl groups is 2. The van der Waals surface area contributed by atoms with Crippen molar-refractivity contribution in [2.45, 2.75) is 13.8 Å². The molecule has 21 heavy (non-hydrogen) atoms. The van der Waals surface area contributed by atoms with Crippen LogP contribution in [0, 0.1) is 24.0 Å². The molecule has 1 heterocycles. The van der Waals surface area contributed by atoms with Crippen LogP contribution in [-0.4, -0.2) is 25.9 Å². The van der Waals surface area contributed by atoms with E-state index in [0.29, 0.717) is 5.69 Å². The van der Waals surface area contributed by atoms with Crippen LogP contribution in [0.2, 0.25) is 0 Å². The molecule has 0 bridgehead atoms. The van der Waals surface area contributed by atoms with Crippen LogP contribution >= 0.6 is 0 Å². The van der Waals surface area contributed by atoms with Gasteiger partial charge in [0.2, 0.25) is 11.5 Å². The molecule has 0 amide bonds. The normalized spacial score (nSPS) is 10.4. The van der Waals surface area contributed by atoms with E-state index in [2.05, 4.69) is 4.98 Å². The molecule has 7 heteroatoms. The molecule has 2 aromatic rings. The van der Waals surface area contributed by atoms with E-state index < -0.39 is 27.9 Å². The van der Waals surface area contributed by atoms with Crippen molar-refractivity contribution < 1.29 is 19.9 Å².